The molecule has 3 aromatic carbocycles. The quantitative estimate of drug-likeness (QED) is 0.469. The number of amides is 1. The number of anilines is 2. The van der Waals surface area contributed by atoms with E-state index < -0.39 is 26.0 Å². The van der Waals surface area contributed by atoms with E-state index in [4.69, 9.17) is 0 Å². The minimum Gasteiger partial charge on any atom is -0.322 e. The monoisotopic (exact) mass is 527 g/mol. The van der Waals surface area contributed by atoms with E-state index in [2.05, 4.69) is 10.0 Å². The fraction of sp³-hybridized carbons (Fsp3) is 0.269. The van der Waals surface area contributed by atoms with Crippen molar-refractivity contribution in [3.63, 3.8) is 0 Å². The highest BCUT2D eigenvalue weighted by Gasteiger charge is 2.27. The van der Waals surface area contributed by atoms with Crippen LogP contribution in [-0.2, 0) is 20.0 Å². The Morgan fingerprint density at radius 2 is 1.42 bits per heavy atom. The van der Waals surface area contributed by atoms with Gasteiger partial charge >= 0.3 is 0 Å². The van der Waals surface area contributed by atoms with Crippen molar-refractivity contribution in [2.24, 2.45) is 0 Å². The van der Waals surface area contributed by atoms with Crippen LogP contribution in [0.25, 0.3) is 0 Å². The van der Waals surface area contributed by atoms with Crippen molar-refractivity contribution in [1.29, 1.82) is 0 Å². The van der Waals surface area contributed by atoms with Gasteiger partial charge in [-0.2, -0.15) is 4.31 Å². The minimum absolute atomic E-state index is 0.0505. The van der Waals surface area contributed by atoms with Gasteiger partial charge in [-0.3, -0.25) is 9.52 Å². The highest BCUT2D eigenvalue weighted by molar-refractivity contribution is 7.92. The maximum atomic E-state index is 13.0. The summed E-state index contributed by atoms with van der Waals surface area (Å²) < 4.78 is 55.6. The maximum absolute atomic E-state index is 13.0. The van der Waals surface area contributed by atoms with Gasteiger partial charge in [0.15, 0.2) is 0 Å². The van der Waals surface area contributed by atoms with Gasteiger partial charge in [0.1, 0.15) is 0 Å². The van der Waals surface area contributed by atoms with E-state index in [0.29, 0.717) is 30.0 Å². The third kappa shape index (κ3) is 5.61. The first-order valence-electron chi connectivity index (χ1n) is 11.7. The predicted octanol–water partition coefficient (Wildman–Crippen LogP) is 4.53. The predicted molar refractivity (Wildman–Crippen MR) is 140 cm³/mol. The summed E-state index contributed by atoms with van der Waals surface area (Å²) in [6.07, 6.45) is 2.66. The molecule has 0 aromatic heterocycles. The number of para-hydroxylation sites is 1. The molecule has 0 saturated carbocycles. The second kappa shape index (κ2) is 10.4. The molecule has 1 heterocycles. The van der Waals surface area contributed by atoms with Crippen LogP contribution in [0.1, 0.15) is 40.7 Å². The molecule has 2 N–H and O–H groups in total. The van der Waals surface area contributed by atoms with Crippen LogP contribution >= 0.6 is 0 Å². The Balaban J connectivity index is 1.51. The molecule has 190 valence electrons. The number of hydrogen-bond donors (Lipinski definition) is 2. The maximum Gasteiger partial charge on any atom is 0.261 e. The zero-order chi connectivity index (χ0) is 25.9. The Kier molecular flexibility index (Phi) is 7.49. The van der Waals surface area contributed by atoms with Gasteiger partial charge in [0, 0.05) is 24.3 Å². The van der Waals surface area contributed by atoms with Gasteiger partial charge in [-0.05, 0) is 80.3 Å². The van der Waals surface area contributed by atoms with Crippen LogP contribution in [0.4, 0.5) is 11.4 Å². The van der Waals surface area contributed by atoms with Crippen molar-refractivity contribution in [2.75, 3.05) is 23.1 Å². The molecule has 1 aliphatic rings. The van der Waals surface area contributed by atoms with Crippen molar-refractivity contribution < 1.29 is 21.6 Å². The highest BCUT2D eigenvalue weighted by atomic mass is 32.2. The first-order valence-corrected chi connectivity index (χ1v) is 14.6. The summed E-state index contributed by atoms with van der Waals surface area (Å²) in [6.45, 7) is 4.50. The van der Waals surface area contributed by atoms with E-state index in [1.807, 2.05) is 19.1 Å². The number of carbonyl (C=O) groups is 1. The second-order valence-corrected chi connectivity index (χ2v) is 12.5. The number of hydrogen-bond acceptors (Lipinski definition) is 5. The normalized spacial score (nSPS) is 14.8. The van der Waals surface area contributed by atoms with Gasteiger partial charge in [0.05, 0.1) is 15.5 Å². The lowest BCUT2D eigenvalue weighted by atomic mass is 10.1. The van der Waals surface area contributed by atoms with E-state index >= 15 is 0 Å². The van der Waals surface area contributed by atoms with Crippen LogP contribution in [0.5, 0.6) is 0 Å². The smallest absolute Gasteiger partial charge is 0.261 e. The lowest BCUT2D eigenvalue weighted by Crippen LogP contribution is -2.35. The van der Waals surface area contributed by atoms with Crippen LogP contribution in [0.3, 0.4) is 0 Å². The first kappa shape index (κ1) is 25.9. The van der Waals surface area contributed by atoms with E-state index in [0.717, 1.165) is 24.8 Å². The summed E-state index contributed by atoms with van der Waals surface area (Å²) in [4.78, 5) is 13.1. The molecule has 8 nitrogen and oxygen atoms in total. The molecule has 36 heavy (non-hydrogen) atoms. The molecule has 0 bridgehead atoms. The molecular formula is C26H29N3O5S2. The minimum atomic E-state index is -3.81. The number of nitrogens with one attached hydrogen (secondary N) is 2. The molecule has 0 spiro atoms. The van der Waals surface area contributed by atoms with Crippen molar-refractivity contribution in [1.82, 2.24) is 4.31 Å². The molecule has 0 aliphatic carbocycles. The average Bonchev–Trinajstić information content (AvgIpc) is 2.86. The molecule has 1 saturated heterocycles. The van der Waals surface area contributed by atoms with Crippen molar-refractivity contribution in [3.05, 3.63) is 83.4 Å². The Bertz CT molecular complexity index is 1480. The van der Waals surface area contributed by atoms with Gasteiger partial charge in [0.2, 0.25) is 10.0 Å². The molecular weight excluding hydrogens is 498 g/mol. The first-order chi connectivity index (χ1) is 17.1. The number of rotatable bonds is 7. The van der Waals surface area contributed by atoms with Crippen molar-refractivity contribution in [3.8, 4) is 0 Å². The summed E-state index contributed by atoms with van der Waals surface area (Å²) in [6, 6.07) is 17.4. The lowest BCUT2D eigenvalue weighted by molar-refractivity contribution is 0.102. The molecule has 1 aliphatic heterocycles. The van der Waals surface area contributed by atoms with Gasteiger partial charge in [-0.25, -0.2) is 16.8 Å². The van der Waals surface area contributed by atoms with Crippen molar-refractivity contribution >= 4 is 37.3 Å². The zero-order valence-corrected chi connectivity index (χ0v) is 21.8. The Hall–Kier alpha value is -3.21. The highest BCUT2D eigenvalue weighted by Crippen LogP contribution is 2.24. The molecule has 0 unspecified atom stereocenters. The van der Waals surface area contributed by atoms with Crippen LogP contribution in [-0.4, -0.2) is 40.1 Å². The fourth-order valence-corrected chi connectivity index (χ4v) is 6.74. The number of sulfonamides is 2. The fourth-order valence-electron chi connectivity index (χ4n) is 4.07. The summed E-state index contributed by atoms with van der Waals surface area (Å²) in [7, 11) is -7.49. The lowest BCUT2D eigenvalue weighted by Gasteiger charge is -2.26. The van der Waals surface area contributed by atoms with Crippen LogP contribution in [0, 0.1) is 13.8 Å². The number of piperidine rings is 1. The van der Waals surface area contributed by atoms with Gasteiger partial charge in [0.25, 0.3) is 15.9 Å². The summed E-state index contributed by atoms with van der Waals surface area (Å²) in [5, 5.41) is 2.73. The third-order valence-electron chi connectivity index (χ3n) is 6.22. The number of benzene rings is 3. The molecule has 0 radical (unpaired) electrons. The van der Waals surface area contributed by atoms with Crippen LogP contribution in [0.2, 0.25) is 0 Å². The average molecular weight is 528 g/mol. The summed E-state index contributed by atoms with van der Waals surface area (Å²) in [5.41, 5.74) is 2.55. The Labute approximate surface area is 212 Å². The molecule has 10 heteroatoms. The Morgan fingerprint density at radius 3 is 2.08 bits per heavy atom. The Morgan fingerprint density at radius 1 is 0.778 bits per heavy atom. The van der Waals surface area contributed by atoms with Crippen molar-refractivity contribution in [2.45, 2.75) is 42.9 Å². The molecule has 1 fully saturated rings. The molecule has 0 atom stereocenters. The number of aryl methyl sites for hydroxylation is 2. The third-order valence-corrected chi connectivity index (χ3v) is 9.49. The van der Waals surface area contributed by atoms with Gasteiger partial charge < -0.3 is 5.32 Å². The van der Waals surface area contributed by atoms with E-state index in [9.17, 15) is 21.6 Å². The largest absolute Gasteiger partial charge is 0.322 e. The van der Waals surface area contributed by atoms with Crippen LogP contribution < -0.4 is 10.0 Å². The SMILES string of the molecule is Cc1ccccc1NS(=O)(=O)c1ccc(NC(=O)c2cc(S(=O)(=O)N3CCCCC3)ccc2C)cc1. The molecule has 3 aromatic rings. The molecule has 1 amide bonds. The van der Waals surface area contributed by atoms with E-state index in [1.54, 1.807) is 25.1 Å². The standard InChI is InChI=1S/C26H29N3O5S2/c1-19-10-13-23(36(33,34)29-16-6-3-7-17-29)18-24(19)26(30)27-21-11-14-22(15-12-21)35(31,32)28-25-9-5-4-8-20(25)2/h4-5,8-15,18,28H,3,6-7,16-17H2,1-2H3,(H,27,30). The zero-order valence-electron chi connectivity index (χ0n) is 20.2. The van der Waals surface area contributed by atoms with E-state index in [1.165, 1.54) is 40.7 Å². The number of carbonyl (C=O) groups excluding carboxylic acids is 1. The van der Waals surface area contributed by atoms with Gasteiger partial charge in [-0.1, -0.05) is 30.7 Å². The number of nitrogens with zero attached hydrogens (tertiary/aromatic N) is 1. The summed E-state index contributed by atoms with van der Waals surface area (Å²) >= 11 is 0. The summed E-state index contributed by atoms with van der Waals surface area (Å²) in [5.74, 6) is -0.475. The molecule has 4 rings (SSSR count). The topological polar surface area (TPSA) is 113 Å². The van der Waals surface area contributed by atoms with Gasteiger partial charge in [-0.15, -0.1) is 0 Å². The second-order valence-electron chi connectivity index (χ2n) is 8.84. The van der Waals surface area contributed by atoms with Crippen LogP contribution in [0.15, 0.2) is 76.5 Å². The van der Waals surface area contributed by atoms with E-state index in [-0.39, 0.29) is 15.4 Å².